The molecule has 1 aromatic carbocycles. The van der Waals surface area contributed by atoms with Crippen LogP contribution in [0.25, 0.3) is 0 Å². The number of hydrogen-bond donors (Lipinski definition) is 1. The van der Waals surface area contributed by atoms with Crippen LogP contribution in [0.1, 0.15) is 50.5 Å². The van der Waals surface area contributed by atoms with Crippen molar-refractivity contribution in [1.29, 1.82) is 0 Å². The lowest BCUT2D eigenvalue weighted by Crippen LogP contribution is -2.51. The van der Waals surface area contributed by atoms with Crippen molar-refractivity contribution in [3.8, 4) is 0 Å². The predicted molar refractivity (Wildman–Crippen MR) is 93.6 cm³/mol. The SMILES string of the molecule is O=C1CCC2(CCC(N[C@@H]3CCOC3)CC2)N1Cc1ccccc1. The first-order valence-electron chi connectivity index (χ1n) is 9.43. The Kier molecular flexibility index (Phi) is 4.59. The number of ether oxygens (including phenoxy) is 1. The van der Waals surface area contributed by atoms with Crippen LogP contribution in [-0.2, 0) is 16.1 Å². The molecule has 2 heterocycles. The van der Waals surface area contributed by atoms with Gasteiger partial charge in [-0.1, -0.05) is 30.3 Å². The Morgan fingerprint density at radius 2 is 1.88 bits per heavy atom. The third kappa shape index (κ3) is 3.22. The maximum Gasteiger partial charge on any atom is 0.223 e. The fourth-order valence-corrected chi connectivity index (χ4v) is 4.74. The summed E-state index contributed by atoms with van der Waals surface area (Å²) in [5.41, 5.74) is 1.35. The molecule has 3 fully saturated rings. The summed E-state index contributed by atoms with van der Waals surface area (Å²) < 4.78 is 5.47. The molecule has 2 saturated heterocycles. The second-order valence-electron chi connectivity index (χ2n) is 7.69. The van der Waals surface area contributed by atoms with Crippen molar-refractivity contribution < 1.29 is 9.53 Å². The summed E-state index contributed by atoms with van der Waals surface area (Å²) in [4.78, 5) is 14.7. The molecule has 130 valence electrons. The lowest BCUT2D eigenvalue weighted by molar-refractivity contribution is -0.133. The van der Waals surface area contributed by atoms with E-state index in [1.807, 2.05) is 6.07 Å². The monoisotopic (exact) mass is 328 g/mol. The molecule has 4 rings (SSSR count). The molecule has 0 radical (unpaired) electrons. The average molecular weight is 328 g/mol. The van der Waals surface area contributed by atoms with Crippen molar-refractivity contribution in [2.24, 2.45) is 0 Å². The van der Waals surface area contributed by atoms with Gasteiger partial charge < -0.3 is 15.0 Å². The number of nitrogens with one attached hydrogen (secondary N) is 1. The summed E-state index contributed by atoms with van der Waals surface area (Å²) >= 11 is 0. The third-order valence-electron chi connectivity index (χ3n) is 6.18. The lowest BCUT2D eigenvalue weighted by Gasteiger charge is -2.44. The van der Waals surface area contributed by atoms with Gasteiger partial charge in [0.1, 0.15) is 0 Å². The smallest absolute Gasteiger partial charge is 0.223 e. The van der Waals surface area contributed by atoms with Gasteiger partial charge in [0.25, 0.3) is 0 Å². The van der Waals surface area contributed by atoms with Crippen molar-refractivity contribution in [2.45, 2.75) is 69.1 Å². The molecule has 1 N–H and O–H groups in total. The van der Waals surface area contributed by atoms with Crippen LogP contribution in [-0.4, -0.2) is 41.6 Å². The summed E-state index contributed by atoms with van der Waals surface area (Å²) in [6, 6.07) is 11.6. The molecular weight excluding hydrogens is 300 g/mol. The number of rotatable bonds is 4. The lowest BCUT2D eigenvalue weighted by atomic mass is 9.77. The van der Waals surface area contributed by atoms with Crippen LogP contribution in [0.3, 0.4) is 0 Å². The van der Waals surface area contributed by atoms with Gasteiger partial charge in [0.15, 0.2) is 0 Å². The third-order valence-corrected chi connectivity index (χ3v) is 6.18. The van der Waals surface area contributed by atoms with Crippen LogP contribution in [0.5, 0.6) is 0 Å². The maximum atomic E-state index is 12.5. The van der Waals surface area contributed by atoms with E-state index in [1.165, 1.54) is 18.4 Å². The highest BCUT2D eigenvalue weighted by Gasteiger charge is 2.47. The van der Waals surface area contributed by atoms with Gasteiger partial charge in [0.2, 0.25) is 5.91 Å². The van der Waals surface area contributed by atoms with Crippen LogP contribution in [0.2, 0.25) is 0 Å². The summed E-state index contributed by atoms with van der Waals surface area (Å²) in [6.07, 6.45) is 7.53. The molecule has 4 nitrogen and oxygen atoms in total. The number of hydrogen-bond acceptors (Lipinski definition) is 3. The number of nitrogens with zero attached hydrogens (tertiary/aromatic N) is 1. The minimum Gasteiger partial charge on any atom is -0.380 e. The molecule has 1 aliphatic carbocycles. The fourth-order valence-electron chi connectivity index (χ4n) is 4.74. The van der Waals surface area contributed by atoms with Crippen molar-refractivity contribution in [2.75, 3.05) is 13.2 Å². The van der Waals surface area contributed by atoms with Gasteiger partial charge in [-0.05, 0) is 44.1 Å². The second kappa shape index (κ2) is 6.85. The summed E-state index contributed by atoms with van der Waals surface area (Å²) in [5.74, 6) is 0.342. The van der Waals surface area contributed by atoms with E-state index in [2.05, 4.69) is 34.5 Å². The van der Waals surface area contributed by atoms with Crippen molar-refractivity contribution in [3.63, 3.8) is 0 Å². The number of carbonyl (C=O) groups is 1. The quantitative estimate of drug-likeness (QED) is 0.924. The molecule has 0 bridgehead atoms. The number of carbonyl (C=O) groups excluding carboxylic acids is 1. The molecule has 1 aromatic rings. The minimum absolute atomic E-state index is 0.108. The summed E-state index contributed by atoms with van der Waals surface area (Å²) in [7, 11) is 0. The van der Waals surface area contributed by atoms with Gasteiger partial charge in [-0.3, -0.25) is 4.79 Å². The molecule has 24 heavy (non-hydrogen) atoms. The predicted octanol–water partition coefficient (Wildman–Crippen LogP) is 2.87. The van der Waals surface area contributed by atoms with E-state index in [1.54, 1.807) is 0 Å². The van der Waals surface area contributed by atoms with E-state index in [9.17, 15) is 4.79 Å². The van der Waals surface area contributed by atoms with E-state index >= 15 is 0 Å². The van der Waals surface area contributed by atoms with E-state index in [0.29, 0.717) is 18.0 Å². The van der Waals surface area contributed by atoms with Gasteiger partial charge in [-0.25, -0.2) is 0 Å². The van der Waals surface area contributed by atoms with Crippen LogP contribution >= 0.6 is 0 Å². The Labute approximate surface area is 144 Å². The van der Waals surface area contributed by atoms with Crippen LogP contribution in [0.15, 0.2) is 30.3 Å². The normalized spacial score (nSPS) is 33.5. The van der Waals surface area contributed by atoms with Crippen LogP contribution < -0.4 is 5.32 Å². The topological polar surface area (TPSA) is 41.6 Å². The minimum atomic E-state index is 0.108. The van der Waals surface area contributed by atoms with E-state index < -0.39 is 0 Å². The molecule has 1 amide bonds. The Morgan fingerprint density at radius 1 is 1.08 bits per heavy atom. The van der Waals surface area contributed by atoms with Crippen molar-refractivity contribution >= 4 is 5.91 Å². The van der Waals surface area contributed by atoms with Crippen molar-refractivity contribution in [1.82, 2.24) is 10.2 Å². The van der Waals surface area contributed by atoms with Gasteiger partial charge in [-0.2, -0.15) is 0 Å². The van der Waals surface area contributed by atoms with Crippen LogP contribution in [0.4, 0.5) is 0 Å². The molecule has 0 aromatic heterocycles. The Bertz CT molecular complexity index is 560. The van der Waals surface area contributed by atoms with Gasteiger partial charge in [0, 0.05) is 37.2 Å². The molecule has 3 aliphatic rings. The molecule has 1 saturated carbocycles. The number of benzene rings is 1. The molecule has 0 unspecified atom stereocenters. The largest absolute Gasteiger partial charge is 0.380 e. The van der Waals surface area contributed by atoms with E-state index in [0.717, 1.165) is 51.9 Å². The second-order valence-corrected chi connectivity index (χ2v) is 7.69. The number of likely N-dealkylation sites (tertiary alicyclic amines) is 1. The zero-order chi connectivity index (χ0) is 16.4. The first-order valence-corrected chi connectivity index (χ1v) is 9.43. The molecule has 1 spiro atoms. The molecule has 2 aliphatic heterocycles. The molecule has 4 heteroatoms. The molecule has 1 atom stereocenters. The van der Waals surface area contributed by atoms with Crippen LogP contribution in [0, 0.1) is 0 Å². The first-order chi connectivity index (χ1) is 11.8. The van der Waals surface area contributed by atoms with Gasteiger partial charge in [0.05, 0.1) is 6.61 Å². The van der Waals surface area contributed by atoms with Gasteiger partial charge in [-0.15, -0.1) is 0 Å². The highest BCUT2D eigenvalue weighted by molar-refractivity contribution is 5.79. The highest BCUT2D eigenvalue weighted by atomic mass is 16.5. The maximum absolute atomic E-state index is 12.5. The zero-order valence-electron chi connectivity index (χ0n) is 14.4. The molecular formula is C20H28N2O2. The Morgan fingerprint density at radius 3 is 2.58 bits per heavy atom. The Balaban J connectivity index is 1.39. The zero-order valence-corrected chi connectivity index (χ0v) is 14.4. The summed E-state index contributed by atoms with van der Waals surface area (Å²) in [6.45, 7) is 2.53. The van der Waals surface area contributed by atoms with E-state index in [-0.39, 0.29) is 5.54 Å². The van der Waals surface area contributed by atoms with Gasteiger partial charge >= 0.3 is 0 Å². The average Bonchev–Trinajstić information content (AvgIpc) is 3.22. The van der Waals surface area contributed by atoms with E-state index in [4.69, 9.17) is 4.74 Å². The fraction of sp³-hybridized carbons (Fsp3) is 0.650. The first kappa shape index (κ1) is 16.1. The standard InChI is InChI=1S/C20H28N2O2/c23-19-8-12-20(22(19)14-16-4-2-1-3-5-16)10-6-17(7-11-20)21-18-9-13-24-15-18/h1-5,17-18,21H,6-15H2/t17?,18-,20?/m1/s1. The highest BCUT2D eigenvalue weighted by Crippen LogP contribution is 2.43. The van der Waals surface area contributed by atoms with Crippen molar-refractivity contribution in [3.05, 3.63) is 35.9 Å². The summed E-state index contributed by atoms with van der Waals surface area (Å²) in [5, 5.41) is 3.77. The number of amides is 1. The Hall–Kier alpha value is -1.39.